The molecule has 0 amide bonds. The minimum absolute atomic E-state index is 0.0625. The zero-order chi connectivity index (χ0) is 11.4. The van der Waals surface area contributed by atoms with Crippen LogP contribution in [0.2, 0.25) is 0 Å². The highest BCUT2D eigenvalue weighted by atomic mass is 16.7. The lowest BCUT2D eigenvalue weighted by Gasteiger charge is -2.33. The summed E-state index contributed by atoms with van der Waals surface area (Å²) in [6.45, 7) is 10.7. The molecule has 0 aromatic rings. The maximum absolute atomic E-state index is 5.92. The molecule has 1 saturated carbocycles. The fourth-order valence-corrected chi connectivity index (χ4v) is 2.67. The third-order valence-electron chi connectivity index (χ3n) is 2.98. The molecule has 0 N–H and O–H groups in total. The summed E-state index contributed by atoms with van der Waals surface area (Å²) < 4.78 is 11.5. The first kappa shape index (κ1) is 13.0. The molecule has 0 aromatic heterocycles. The monoisotopic (exact) mass is 214 g/mol. The summed E-state index contributed by atoms with van der Waals surface area (Å²) in [6, 6.07) is 0. The van der Waals surface area contributed by atoms with E-state index in [2.05, 4.69) is 13.8 Å². The molecule has 0 spiro atoms. The Kier molecular flexibility index (Phi) is 5.07. The van der Waals surface area contributed by atoms with Crippen LogP contribution >= 0.6 is 0 Å². The van der Waals surface area contributed by atoms with Crippen LogP contribution in [0.3, 0.4) is 0 Å². The summed E-state index contributed by atoms with van der Waals surface area (Å²) in [6.07, 6.45) is 4.31. The van der Waals surface area contributed by atoms with E-state index in [1.165, 1.54) is 19.3 Å². The highest BCUT2D eigenvalue weighted by molar-refractivity contribution is 4.75. The van der Waals surface area contributed by atoms with Crippen molar-refractivity contribution >= 4 is 0 Å². The van der Waals surface area contributed by atoms with Crippen LogP contribution in [-0.4, -0.2) is 18.5 Å². The van der Waals surface area contributed by atoms with Crippen LogP contribution in [0.15, 0.2) is 0 Å². The lowest BCUT2D eigenvalue weighted by atomic mass is 9.82. The Balaban J connectivity index is 2.30. The number of ether oxygens (including phenoxy) is 2. The van der Waals surface area contributed by atoms with E-state index >= 15 is 0 Å². The van der Waals surface area contributed by atoms with Crippen molar-refractivity contribution in [1.29, 1.82) is 0 Å². The molecule has 1 fully saturated rings. The molecule has 2 heteroatoms. The van der Waals surface area contributed by atoms with Crippen molar-refractivity contribution in [2.24, 2.45) is 11.8 Å². The third kappa shape index (κ3) is 4.98. The maximum atomic E-state index is 5.92. The molecular weight excluding hydrogens is 188 g/mol. The van der Waals surface area contributed by atoms with Gasteiger partial charge in [0, 0.05) is 0 Å². The molecule has 0 aromatic carbocycles. The van der Waals surface area contributed by atoms with Gasteiger partial charge < -0.3 is 9.47 Å². The molecular formula is C13H26O2. The van der Waals surface area contributed by atoms with Crippen molar-refractivity contribution in [2.45, 2.75) is 72.4 Å². The van der Waals surface area contributed by atoms with Crippen molar-refractivity contribution < 1.29 is 9.47 Å². The minimum Gasteiger partial charge on any atom is -0.350 e. The molecule has 3 unspecified atom stereocenters. The lowest BCUT2D eigenvalue weighted by molar-refractivity contribution is -0.188. The van der Waals surface area contributed by atoms with Crippen molar-refractivity contribution in [3.63, 3.8) is 0 Å². The van der Waals surface area contributed by atoms with Crippen LogP contribution in [0, 0.1) is 11.8 Å². The maximum Gasteiger partial charge on any atom is 0.155 e. The van der Waals surface area contributed by atoms with Gasteiger partial charge in [0.05, 0.1) is 12.2 Å². The third-order valence-corrected chi connectivity index (χ3v) is 2.98. The first-order chi connectivity index (χ1) is 6.97. The van der Waals surface area contributed by atoms with Crippen molar-refractivity contribution in [3.8, 4) is 0 Å². The Bertz CT molecular complexity index is 169. The van der Waals surface area contributed by atoms with E-state index in [-0.39, 0.29) is 12.4 Å². The van der Waals surface area contributed by atoms with Crippen LogP contribution in [0.1, 0.15) is 53.9 Å². The average molecular weight is 214 g/mol. The highest BCUT2D eigenvalue weighted by Gasteiger charge is 2.26. The fourth-order valence-electron chi connectivity index (χ4n) is 2.67. The molecule has 15 heavy (non-hydrogen) atoms. The molecule has 0 bridgehead atoms. The number of hydrogen-bond donors (Lipinski definition) is 0. The summed E-state index contributed by atoms with van der Waals surface area (Å²) in [4.78, 5) is 0. The van der Waals surface area contributed by atoms with E-state index in [9.17, 15) is 0 Å². The molecule has 0 heterocycles. The summed E-state index contributed by atoms with van der Waals surface area (Å²) in [5.41, 5.74) is 0. The van der Waals surface area contributed by atoms with Crippen LogP contribution in [-0.2, 0) is 9.47 Å². The summed E-state index contributed by atoms with van der Waals surface area (Å²) in [7, 11) is 0. The number of hydrogen-bond acceptors (Lipinski definition) is 2. The van der Waals surface area contributed by atoms with Gasteiger partial charge in [-0.25, -0.2) is 0 Å². The molecule has 2 nitrogen and oxygen atoms in total. The van der Waals surface area contributed by atoms with Crippen LogP contribution in [0.25, 0.3) is 0 Å². The van der Waals surface area contributed by atoms with E-state index < -0.39 is 0 Å². The largest absolute Gasteiger partial charge is 0.350 e. The molecule has 90 valence electrons. The predicted octanol–water partition coefficient (Wildman–Crippen LogP) is 3.60. The van der Waals surface area contributed by atoms with E-state index in [0.29, 0.717) is 6.10 Å². The lowest BCUT2D eigenvalue weighted by Crippen LogP contribution is -2.31. The van der Waals surface area contributed by atoms with Gasteiger partial charge in [-0.1, -0.05) is 13.8 Å². The Morgan fingerprint density at radius 1 is 0.933 bits per heavy atom. The van der Waals surface area contributed by atoms with Gasteiger partial charge in [-0.2, -0.15) is 0 Å². The van der Waals surface area contributed by atoms with Gasteiger partial charge in [-0.3, -0.25) is 0 Å². The normalized spacial score (nSPS) is 34.4. The molecule has 1 rings (SSSR count). The molecule has 0 aliphatic heterocycles. The smallest absolute Gasteiger partial charge is 0.155 e. The first-order valence-corrected chi connectivity index (χ1v) is 6.28. The first-order valence-electron chi connectivity index (χ1n) is 6.28. The predicted molar refractivity (Wildman–Crippen MR) is 62.7 cm³/mol. The Hall–Kier alpha value is -0.0800. The highest BCUT2D eigenvalue weighted by Crippen LogP contribution is 2.31. The second-order valence-electron chi connectivity index (χ2n) is 5.43. The summed E-state index contributed by atoms with van der Waals surface area (Å²) in [5.74, 6) is 1.59. The average Bonchev–Trinajstić information content (AvgIpc) is 1.98. The van der Waals surface area contributed by atoms with Crippen molar-refractivity contribution in [3.05, 3.63) is 0 Å². The van der Waals surface area contributed by atoms with Crippen molar-refractivity contribution in [2.75, 3.05) is 0 Å². The van der Waals surface area contributed by atoms with E-state index in [1.807, 2.05) is 20.8 Å². The Morgan fingerprint density at radius 2 is 1.47 bits per heavy atom. The van der Waals surface area contributed by atoms with Gasteiger partial charge >= 0.3 is 0 Å². The summed E-state index contributed by atoms with van der Waals surface area (Å²) in [5, 5.41) is 0. The second-order valence-corrected chi connectivity index (χ2v) is 5.43. The topological polar surface area (TPSA) is 18.5 Å². The standard InChI is InChI=1S/C13H26O2/c1-9(2)14-12(5)15-13-7-10(3)6-11(4)8-13/h9-13H,6-8H2,1-5H3. The zero-order valence-corrected chi connectivity index (χ0v) is 10.8. The van der Waals surface area contributed by atoms with Crippen LogP contribution < -0.4 is 0 Å². The van der Waals surface area contributed by atoms with Gasteiger partial charge in [0.2, 0.25) is 0 Å². The second kappa shape index (κ2) is 5.86. The van der Waals surface area contributed by atoms with E-state index in [4.69, 9.17) is 9.47 Å². The van der Waals surface area contributed by atoms with Gasteiger partial charge in [0.15, 0.2) is 6.29 Å². The van der Waals surface area contributed by atoms with Crippen molar-refractivity contribution in [1.82, 2.24) is 0 Å². The number of rotatable bonds is 4. The van der Waals surface area contributed by atoms with E-state index in [0.717, 1.165) is 11.8 Å². The summed E-state index contributed by atoms with van der Waals surface area (Å²) >= 11 is 0. The fraction of sp³-hybridized carbons (Fsp3) is 1.00. The van der Waals surface area contributed by atoms with Gasteiger partial charge in [-0.05, 0) is 51.9 Å². The molecule has 3 atom stereocenters. The molecule has 0 radical (unpaired) electrons. The van der Waals surface area contributed by atoms with Gasteiger partial charge in [-0.15, -0.1) is 0 Å². The quantitative estimate of drug-likeness (QED) is 0.666. The van der Waals surface area contributed by atoms with Gasteiger partial charge in [0.1, 0.15) is 0 Å². The minimum atomic E-state index is -0.0625. The molecule has 1 aliphatic rings. The van der Waals surface area contributed by atoms with Crippen LogP contribution in [0.4, 0.5) is 0 Å². The zero-order valence-electron chi connectivity index (χ0n) is 10.8. The molecule has 0 saturated heterocycles. The van der Waals surface area contributed by atoms with E-state index in [1.54, 1.807) is 0 Å². The SMILES string of the molecule is CC1CC(C)CC(OC(C)OC(C)C)C1. The van der Waals surface area contributed by atoms with Gasteiger partial charge in [0.25, 0.3) is 0 Å². The Morgan fingerprint density at radius 3 is 1.93 bits per heavy atom. The van der Waals surface area contributed by atoms with Crippen LogP contribution in [0.5, 0.6) is 0 Å². The Labute approximate surface area is 94.3 Å². The molecule has 1 aliphatic carbocycles.